The van der Waals surface area contributed by atoms with Gasteiger partial charge in [-0.1, -0.05) is 6.07 Å². The molecule has 0 aliphatic carbocycles. The lowest BCUT2D eigenvalue weighted by atomic mass is 10.1. The van der Waals surface area contributed by atoms with Crippen LogP contribution in [0.4, 0.5) is 13.2 Å². The molecule has 0 radical (unpaired) electrons. The van der Waals surface area contributed by atoms with Gasteiger partial charge in [-0.05, 0) is 12.1 Å². The summed E-state index contributed by atoms with van der Waals surface area (Å²) in [5.41, 5.74) is -1.99. The van der Waals surface area contributed by atoms with E-state index in [0.29, 0.717) is 0 Å². The number of aromatic carboxylic acids is 1. The Morgan fingerprint density at radius 2 is 2.11 bits per heavy atom. The maximum absolute atomic E-state index is 12.8. The molecule has 0 atom stereocenters. The third-order valence-electron chi connectivity index (χ3n) is 2.36. The van der Waals surface area contributed by atoms with Crippen molar-refractivity contribution in [3.8, 4) is 0 Å². The fraction of sp³-hybridized carbons (Fsp3) is 0.182. The average Bonchev–Trinajstić information content (AvgIpc) is 2.80. The molecule has 8 heteroatoms. The molecule has 5 nitrogen and oxygen atoms in total. The van der Waals surface area contributed by atoms with E-state index >= 15 is 0 Å². The number of aromatic nitrogens is 3. The van der Waals surface area contributed by atoms with E-state index in [4.69, 9.17) is 5.11 Å². The molecule has 0 aromatic carbocycles. The normalized spacial score (nSPS) is 11.5. The Balaban J connectivity index is 2.45. The van der Waals surface area contributed by atoms with Crippen LogP contribution in [0, 0.1) is 0 Å². The lowest BCUT2D eigenvalue weighted by Crippen LogP contribution is -2.17. The molecular formula is C11H8F3N3O2. The number of hydrogen-bond donors (Lipinski definition) is 1. The van der Waals surface area contributed by atoms with Crippen LogP contribution in [0.1, 0.15) is 21.7 Å². The van der Waals surface area contributed by atoms with Crippen molar-refractivity contribution in [3.05, 3.63) is 47.5 Å². The highest BCUT2D eigenvalue weighted by Crippen LogP contribution is 2.31. The summed E-state index contributed by atoms with van der Waals surface area (Å²) in [6, 6.07) is 3.71. The van der Waals surface area contributed by atoms with Crippen LogP contribution in [0.15, 0.2) is 30.6 Å². The second kappa shape index (κ2) is 4.71. The molecule has 2 rings (SSSR count). The van der Waals surface area contributed by atoms with Crippen molar-refractivity contribution in [1.29, 1.82) is 0 Å². The summed E-state index contributed by atoms with van der Waals surface area (Å²) in [6.45, 7) is -0.130. The van der Waals surface area contributed by atoms with Gasteiger partial charge in [0.2, 0.25) is 0 Å². The molecule has 2 aromatic heterocycles. The summed E-state index contributed by atoms with van der Waals surface area (Å²) in [7, 11) is 0. The minimum absolute atomic E-state index is 0.130. The van der Waals surface area contributed by atoms with Crippen LogP contribution in [-0.2, 0) is 12.7 Å². The van der Waals surface area contributed by atoms with E-state index < -0.39 is 23.5 Å². The molecule has 0 saturated heterocycles. The summed E-state index contributed by atoms with van der Waals surface area (Å²) in [4.78, 5) is 13.8. The van der Waals surface area contributed by atoms with Gasteiger partial charge in [-0.3, -0.25) is 4.68 Å². The monoisotopic (exact) mass is 271 g/mol. The Labute approximate surface area is 105 Å². The quantitative estimate of drug-likeness (QED) is 0.927. The first-order chi connectivity index (χ1) is 8.88. The third-order valence-corrected chi connectivity index (χ3v) is 2.36. The Hall–Kier alpha value is -2.38. The number of nitrogens with zero attached hydrogens (tertiary/aromatic N) is 3. The molecule has 0 aliphatic heterocycles. The van der Waals surface area contributed by atoms with Crippen LogP contribution in [0.3, 0.4) is 0 Å². The highest BCUT2D eigenvalue weighted by Gasteiger charge is 2.36. The summed E-state index contributed by atoms with van der Waals surface area (Å²) in [5, 5.41) is 12.5. The number of carboxylic acid groups (broad SMARTS) is 1. The Morgan fingerprint density at radius 1 is 1.37 bits per heavy atom. The molecule has 0 bridgehead atoms. The Kier molecular flexibility index (Phi) is 3.24. The van der Waals surface area contributed by atoms with Gasteiger partial charge in [-0.2, -0.15) is 18.3 Å². The van der Waals surface area contributed by atoms with Crippen LogP contribution in [0.25, 0.3) is 0 Å². The zero-order chi connectivity index (χ0) is 14.0. The molecule has 2 heterocycles. The van der Waals surface area contributed by atoms with Gasteiger partial charge < -0.3 is 5.11 Å². The number of alkyl halides is 3. The van der Waals surface area contributed by atoms with Crippen molar-refractivity contribution < 1.29 is 23.1 Å². The maximum atomic E-state index is 12.8. The van der Waals surface area contributed by atoms with Gasteiger partial charge in [-0.25, -0.2) is 9.78 Å². The van der Waals surface area contributed by atoms with Crippen molar-refractivity contribution >= 4 is 5.97 Å². The lowest BCUT2D eigenvalue weighted by molar-refractivity contribution is -0.141. The van der Waals surface area contributed by atoms with Crippen LogP contribution < -0.4 is 0 Å². The number of carboxylic acids is 1. The molecule has 2 aromatic rings. The van der Waals surface area contributed by atoms with Crippen LogP contribution in [-0.4, -0.2) is 25.8 Å². The predicted molar refractivity (Wildman–Crippen MR) is 57.5 cm³/mol. The highest BCUT2D eigenvalue weighted by atomic mass is 19.4. The maximum Gasteiger partial charge on any atom is 0.433 e. The molecule has 0 aliphatic rings. The van der Waals surface area contributed by atoms with Crippen LogP contribution in [0.2, 0.25) is 0 Å². The molecule has 0 fully saturated rings. The van der Waals surface area contributed by atoms with Gasteiger partial charge in [0.05, 0.1) is 6.54 Å². The predicted octanol–water partition coefficient (Wildman–Crippen LogP) is 2.04. The fourth-order valence-corrected chi connectivity index (χ4v) is 1.55. The average molecular weight is 271 g/mol. The number of carbonyl (C=O) groups is 1. The molecule has 0 spiro atoms. The summed E-state index contributed by atoms with van der Waals surface area (Å²) in [6.07, 6.45) is -1.77. The van der Waals surface area contributed by atoms with Gasteiger partial charge in [0.25, 0.3) is 0 Å². The molecule has 19 heavy (non-hydrogen) atoms. The SMILES string of the molecule is O=C(O)c1ccc(Cn2cccn2)c(C(F)(F)F)n1. The van der Waals surface area contributed by atoms with E-state index in [-0.39, 0.29) is 12.1 Å². The van der Waals surface area contributed by atoms with Crippen molar-refractivity contribution in [3.63, 3.8) is 0 Å². The lowest BCUT2D eigenvalue weighted by Gasteiger charge is -2.12. The van der Waals surface area contributed by atoms with Gasteiger partial charge in [0.1, 0.15) is 11.4 Å². The smallest absolute Gasteiger partial charge is 0.433 e. The van der Waals surface area contributed by atoms with Crippen molar-refractivity contribution in [2.45, 2.75) is 12.7 Å². The molecule has 0 unspecified atom stereocenters. The van der Waals surface area contributed by atoms with Gasteiger partial charge in [0, 0.05) is 18.0 Å². The van der Waals surface area contributed by atoms with Gasteiger partial charge in [-0.15, -0.1) is 0 Å². The Bertz CT molecular complexity index is 594. The molecule has 0 saturated carbocycles. The molecule has 0 amide bonds. The van der Waals surface area contributed by atoms with Crippen molar-refractivity contribution in [2.24, 2.45) is 0 Å². The largest absolute Gasteiger partial charge is 0.477 e. The number of halogens is 3. The van der Waals surface area contributed by atoms with Crippen molar-refractivity contribution in [1.82, 2.24) is 14.8 Å². The summed E-state index contributed by atoms with van der Waals surface area (Å²) < 4.78 is 39.8. The zero-order valence-corrected chi connectivity index (χ0v) is 9.42. The van der Waals surface area contributed by atoms with E-state index in [1.807, 2.05) is 0 Å². The van der Waals surface area contributed by atoms with Crippen LogP contribution in [0.5, 0.6) is 0 Å². The molecular weight excluding hydrogens is 263 g/mol. The first kappa shape index (κ1) is 13.1. The fourth-order valence-electron chi connectivity index (χ4n) is 1.55. The van der Waals surface area contributed by atoms with Gasteiger partial charge in [0.15, 0.2) is 0 Å². The first-order valence-electron chi connectivity index (χ1n) is 5.16. The first-order valence-corrected chi connectivity index (χ1v) is 5.16. The number of rotatable bonds is 3. The summed E-state index contributed by atoms with van der Waals surface area (Å²) in [5.74, 6) is -1.50. The van der Waals surface area contributed by atoms with E-state index in [1.165, 1.54) is 17.1 Å². The highest BCUT2D eigenvalue weighted by molar-refractivity contribution is 5.85. The minimum atomic E-state index is -4.71. The molecule has 1 N–H and O–H groups in total. The summed E-state index contributed by atoms with van der Waals surface area (Å²) >= 11 is 0. The topological polar surface area (TPSA) is 68.0 Å². The minimum Gasteiger partial charge on any atom is -0.477 e. The second-order valence-electron chi connectivity index (χ2n) is 3.71. The molecule has 100 valence electrons. The van der Waals surface area contributed by atoms with E-state index in [1.54, 1.807) is 6.07 Å². The van der Waals surface area contributed by atoms with E-state index in [9.17, 15) is 18.0 Å². The third kappa shape index (κ3) is 2.90. The van der Waals surface area contributed by atoms with Gasteiger partial charge >= 0.3 is 12.1 Å². The number of pyridine rings is 1. The van der Waals surface area contributed by atoms with E-state index in [0.717, 1.165) is 12.1 Å². The second-order valence-corrected chi connectivity index (χ2v) is 3.71. The van der Waals surface area contributed by atoms with Crippen molar-refractivity contribution in [2.75, 3.05) is 0 Å². The van der Waals surface area contributed by atoms with Crippen LogP contribution >= 0.6 is 0 Å². The van der Waals surface area contributed by atoms with E-state index in [2.05, 4.69) is 10.1 Å². The standard InChI is InChI=1S/C11H8F3N3O2/c12-11(13,14)9-7(6-17-5-1-4-15-17)2-3-8(16-9)10(18)19/h1-5H,6H2,(H,18,19). The number of hydrogen-bond acceptors (Lipinski definition) is 3. The Morgan fingerprint density at radius 3 is 2.63 bits per heavy atom. The zero-order valence-electron chi connectivity index (χ0n) is 9.42.